The number of hydrogen-bond donors (Lipinski definition) is 2. The lowest BCUT2D eigenvalue weighted by atomic mass is 10.1. The van der Waals surface area contributed by atoms with Crippen LogP contribution in [0.1, 0.15) is 19.3 Å². The van der Waals surface area contributed by atoms with Gasteiger partial charge in [-0.2, -0.15) is 0 Å². The second-order valence-corrected chi connectivity index (χ2v) is 6.75. The SMILES string of the molecule is O=C(CCn1c(=O)[nH]c2ccccc21)N[C@@H]1CCCN(c2ncccn2)C1. The Labute approximate surface area is 156 Å². The number of hydrogen-bond acceptors (Lipinski definition) is 5. The number of fused-ring (bicyclic) bond motifs is 1. The molecule has 1 atom stereocenters. The number of piperidine rings is 1. The topological polar surface area (TPSA) is 95.9 Å². The van der Waals surface area contributed by atoms with Crippen molar-refractivity contribution in [1.82, 2.24) is 24.8 Å². The number of nitrogens with one attached hydrogen (secondary N) is 2. The van der Waals surface area contributed by atoms with E-state index in [-0.39, 0.29) is 24.1 Å². The van der Waals surface area contributed by atoms with Crippen molar-refractivity contribution in [3.8, 4) is 0 Å². The number of amides is 1. The van der Waals surface area contributed by atoms with E-state index in [1.807, 2.05) is 24.3 Å². The van der Waals surface area contributed by atoms with Gasteiger partial charge in [0.25, 0.3) is 0 Å². The van der Waals surface area contributed by atoms with Crippen LogP contribution < -0.4 is 15.9 Å². The number of para-hydroxylation sites is 2. The Morgan fingerprint density at radius 3 is 2.89 bits per heavy atom. The first-order valence-corrected chi connectivity index (χ1v) is 9.19. The minimum absolute atomic E-state index is 0.0481. The van der Waals surface area contributed by atoms with Crippen LogP contribution in [0.2, 0.25) is 0 Å². The number of carbonyl (C=O) groups excluding carboxylic acids is 1. The molecule has 2 aromatic heterocycles. The summed E-state index contributed by atoms with van der Waals surface area (Å²) in [5.41, 5.74) is 1.42. The molecule has 0 saturated carbocycles. The molecule has 4 rings (SSSR count). The fourth-order valence-electron chi connectivity index (χ4n) is 3.57. The van der Waals surface area contributed by atoms with Crippen molar-refractivity contribution in [2.24, 2.45) is 0 Å². The summed E-state index contributed by atoms with van der Waals surface area (Å²) in [6, 6.07) is 9.35. The highest BCUT2D eigenvalue weighted by Crippen LogP contribution is 2.15. The molecule has 0 aliphatic carbocycles. The number of imidazole rings is 1. The van der Waals surface area contributed by atoms with E-state index in [1.165, 1.54) is 0 Å². The first-order valence-electron chi connectivity index (χ1n) is 9.19. The first kappa shape index (κ1) is 17.3. The van der Waals surface area contributed by atoms with E-state index in [2.05, 4.69) is 25.2 Å². The highest BCUT2D eigenvalue weighted by molar-refractivity contribution is 5.77. The van der Waals surface area contributed by atoms with Crippen LogP contribution in [0.25, 0.3) is 11.0 Å². The highest BCUT2D eigenvalue weighted by Gasteiger charge is 2.23. The molecule has 1 saturated heterocycles. The number of nitrogens with zero attached hydrogens (tertiary/aromatic N) is 4. The van der Waals surface area contributed by atoms with Crippen molar-refractivity contribution in [1.29, 1.82) is 0 Å². The van der Waals surface area contributed by atoms with Gasteiger partial charge in [0.15, 0.2) is 0 Å². The average Bonchev–Trinajstić information content (AvgIpc) is 3.02. The summed E-state index contributed by atoms with van der Waals surface area (Å²) in [4.78, 5) is 38.0. The first-order chi connectivity index (χ1) is 13.2. The standard InChI is InChI=1S/C19H22N6O2/c26-17(8-12-25-16-7-2-1-6-15(16)23-19(25)27)22-14-5-3-11-24(13-14)18-20-9-4-10-21-18/h1-2,4,6-7,9-10,14H,3,5,8,11-13H2,(H,22,26)(H,23,27)/t14-/m1/s1. The van der Waals surface area contributed by atoms with Crippen LogP contribution in [0.15, 0.2) is 47.5 Å². The van der Waals surface area contributed by atoms with Crippen LogP contribution >= 0.6 is 0 Å². The van der Waals surface area contributed by atoms with Crippen LogP contribution in [0.4, 0.5) is 5.95 Å². The fraction of sp³-hybridized carbons (Fsp3) is 0.368. The predicted molar refractivity (Wildman–Crippen MR) is 103 cm³/mol. The molecule has 27 heavy (non-hydrogen) atoms. The number of H-pyrrole nitrogens is 1. The second kappa shape index (κ2) is 7.61. The monoisotopic (exact) mass is 366 g/mol. The molecule has 3 aromatic rings. The van der Waals surface area contributed by atoms with E-state index in [1.54, 1.807) is 23.0 Å². The van der Waals surface area contributed by atoms with Crippen LogP contribution in [-0.4, -0.2) is 44.6 Å². The number of aromatic amines is 1. The molecule has 1 fully saturated rings. The number of anilines is 1. The smallest absolute Gasteiger partial charge is 0.326 e. The van der Waals surface area contributed by atoms with Gasteiger partial charge in [0.05, 0.1) is 11.0 Å². The Hall–Kier alpha value is -3.16. The molecule has 1 aliphatic heterocycles. The number of aryl methyl sites for hydroxylation is 1. The molecular formula is C19H22N6O2. The third-order valence-electron chi connectivity index (χ3n) is 4.87. The number of benzene rings is 1. The lowest BCUT2D eigenvalue weighted by Gasteiger charge is -2.33. The number of rotatable bonds is 5. The quantitative estimate of drug-likeness (QED) is 0.709. The van der Waals surface area contributed by atoms with Gasteiger partial charge in [-0.1, -0.05) is 12.1 Å². The van der Waals surface area contributed by atoms with Gasteiger partial charge in [0, 0.05) is 44.5 Å². The molecule has 2 N–H and O–H groups in total. The zero-order valence-corrected chi connectivity index (χ0v) is 15.0. The molecule has 0 radical (unpaired) electrons. The Morgan fingerprint density at radius 2 is 2.04 bits per heavy atom. The third-order valence-corrected chi connectivity index (χ3v) is 4.87. The van der Waals surface area contributed by atoms with Crippen molar-refractivity contribution >= 4 is 22.9 Å². The second-order valence-electron chi connectivity index (χ2n) is 6.75. The molecule has 0 bridgehead atoms. The van der Waals surface area contributed by atoms with Gasteiger partial charge in [-0.3, -0.25) is 9.36 Å². The number of carbonyl (C=O) groups is 1. The fourth-order valence-corrected chi connectivity index (χ4v) is 3.57. The molecule has 1 amide bonds. The lowest BCUT2D eigenvalue weighted by Crippen LogP contribution is -2.48. The zero-order valence-electron chi connectivity index (χ0n) is 15.0. The molecule has 0 spiro atoms. The van der Waals surface area contributed by atoms with E-state index >= 15 is 0 Å². The Kier molecular flexibility index (Phi) is 4.86. The maximum atomic E-state index is 12.4. The van der Waals surface area contributed by atoms with Gasteiger partial charge in [-0.25, -0.2) is 14.8 Å². The normalized spacial score (nSPS) is 17.2. The maximum Gasteiger partial charge on any atom is 0.326 e. The molecule has 3 heterocycles. The predicted octanol–water partition coefficient (Wildman–Crippen LogP) is 1.29. The van der Waals surface area contributed by atoms with Crippen LogP contribution in [0, 0.1) is 0 Å². The van der Waals surface area contributed by atoms with Crippen molar-refractivity contribution in [3.63, 3.8) is 0 Å². The van der Waals surface area contributed by atoms with Crippen LogP contribution in [-0.2, 0) is 11.3 Å². The van der Waals surface area contributed by atoms with Crippen molar-refractivity contribution in [2.75, 3.05) is 18.0 Å². The molecular weight excluding hydrogens is 344 g/mol. The summed E-state index contributed by atoms with van der Waals surface area (Å²) in [7, 11) is 0. The molecule has 8 nitrogen and oxygen atoms in total. The Balaban J connectivity index is 1.35. The van der Waals surface area contributed by atoms with E-state index in [4.69, 9.17) is 0 Å². The van der Waals surface area contributed by atoms with Crippen LogP contribution in [0.3, 0.4) is 0 Å². The van der Waals surface area contributed by atoms with E-state index < -0.39 is 0 Å². The molecule has 0 unspecified atom stereocenters. The van der Waals surface area contributed by atoms with Gasteiger partial charge in [0.2, 0.25) is 11.9 Å². The molecule has 140 valence electrons. The maximum absolute atomic E-state index is 12.4. The minimum Gasteiger partial charge on any atom is -0.352 e. The Morgan fingerprint density at radius 1 is 1.22 bits per heavy atom. The molecule has 1 aliphatic rings. The summed E-state index contributed by atoms with van der Waals surface area (Å²) in [6.07, 6.45) is 5.63. The lowest BCUT2D eigenvalue weighted by molar-refractivity contribution is -0.122. The van der Waals surface area contributed by atoms with Crippen molar-refractivity contribution in [2.45, 2.75) is 31.8 Å². The van der Waals surface area contributed by atoms with Gasteiger partial charge >= 0.3 is 5.69 Å². The van der Waals surface area contributed by atoms with Gasteiger partial charge < -0.3 is 15.2 Å². The van der Waals surface area contributed by atoms with Gasteiger partial charge in [0.1, 0.15) is 0 Å². The van der Waals surface area contributed by atoms with Gasteiger partial charge in [-0.05, 0) is 31.0 Å². The molecule has 8 heteroatoms. The summed E-state index contributed by atoms with van der Waals surface area (Å²) >= 11 is 0. The van der Waals surface area contributed by atoms with E-state index in [0.29, 0.717) is 19.0 Å². The average molecular weight is 366 g/mol. The third kappa shape index (κ3) is 3.84. The van der Waals surface area contributed by atoms with E-state index in [9.17, 15) is 9.59 Å². The highest BCUT2D eigenvalue weighted by atomic mass is 16.2. The summed E-state index contributed by atoms with van der Waals surface area (Å²) in [6.45, 7) is 1.94. The number of aromatic nitrogens is 4. The zero-order chi connectivity index (χ0) is 18.6. The summed E-state index contributed by atoms with van der Waals surface area (Å²) in [5.74, 6) is 0.648. The summed E-state index contributed by atoms with van der Waals surface area (Å²) in [5, 5.41) is 3.09. The Bertz CT molecular complexity index is 981. The summed E-state index contributed by atoms with van der Waals surface area (Å²) < 4.78 is 1.61. The van der Waals surface area contributed by atoms with Gasteiger partial charge in [-0.15, -0.1) is 0 Å². The largest absolute Gasteiger partial charge is 0.352 e. The van der Waals surface area contributed by atoms with E-state index in [0.717, 1.165) is 30.4 Å². The minimum atomic E-state index is -0.186. The van der Waals surface area contributed by atoms with Crippen LogP contribution in [0.5, 0.6) is 0 Å². The van der Waals surface area contributed by atoms with Crippen molar-refractivity contribution in [3.05, 3.63) is 53.2 Å². The van der Waals surface area contributed by atoms with Crippen molar-refractivity contribution < 1.29 is 4.79 Å². The molecule has 1 aromatic carbocycles.